The van der Waals surface area contributed by atoms with E-state index in [9.17, 15) is 17.6 Å². The smallest absolute Gasteiger partial charge is 0.379 e. The predicted octanol–water partition coefficient (Wildman–Crippen LogP) is 1.94. The summed E-state index contributed by atoms with van der Waals surface area (Å²) in [6.07, 6.45) is -5.14. The molecule has 0 saturated heterocycles. The van der Waals surface area contributed by atoms with Gasteiger partial charge in [-0.05, 0) is 0 Å². The maximum atomic E-state index is 11.5. The second kappa shape index (κ2) is 7.08. The van der Waals surface area contributed by atoms with Gasteiger partial charge in [-0.15, -0.1) is 0 Å². The quantitative estimate of drug-likeness (QED) is 0.466. The van der Waals surface area contributed by atoms with Gasteiger partial charge >= 0.3 is 6.18 Å². The molecule has 13 heavy (non-hydrogen) atoms. The highest BCUT2D eigenvalue weighted by Crippen LogP contribution is 2.18. The molecule has 0 aliphatic heterocycles. The summed E-state index contributed by atoms with van der Waals surface area (Å²) >= 11 is 0. The largest absolute Gasteiger partial charge is 0.391 e. The molecule has 0 aromatic heterocycles. The van der Waals surface area contributed by atoms with Gasteiger partial charge in [-0.1, -0.05) is 0 Å². The Hall–Kier alpha value is -0.360. The zero-order valence-electron chi connectivity index (χ0n) is 7.07. The molecule has 0 aromatic rings. The lowest BCUT2D eigenvalue weighted by molar-refractivity contribution is -0.146. The van der Waals surface area contributed by atoms with Crippen LogP contribution >= 0.6 is 0 Å². The van der Waals surface area contributed by atoms with Crippen LogP contribution in [0, 0.1) is 0 Å². The van der Waals surface area contributed by atoms with Crippen LogP contribution in [-0.2, 0) is 9.47 Å². The molecule has 80 valence electrons. The molecule has 0 radical (unpaired) electrons. The first kappa shape index (κ1) is 12.6. The van der Waals surface area contributed by atoms with E-state index in [0.717, 1.165) is 0 Å². The normalized spacial score (nSPS) is 12.0. The molecule has 0 heterocycles. The van der Waals surface area contributed by atoms with E-state index in [1.54, 1.807) is 0 Å². The topological polar surface area (TPSA) is 18.5 Å². The van der Waals surface area contributed by atoms with Crippen LogP contribution < -0.4 is 0 Å². The van der Waals surface area contributed by atoms with Crippen LogP contribution in [-0.4, -0.2) is 39.3 Å². The highest BCUT2D eigenvalue weighted by Gasteiger charge is 2.26. The van der Waals surface area contributed by atoms with E-state index >= 15 is 0 Å². The van der Waals surface area contributed by atoms with Gasteiger partial charge in [0.25, 0.3) is 0 Å². The molecule has 0 saturated carbocycles. The maximum Gasteiger partial charge on any atom is 0.391 e. The average Bonchev–Trinajstić information content (AvgIpc) is 2.01. The van der Waals surface area contributed by atoms with E-state index in [-0.39, 0.29) is 26.4 Å². The van der Waals surface area contributed by atoms with Crippen molar-refractivity contribution < 1.29 is 27.0 Å². The molecular formula is C7H12F4O2. The number of alkyl halides is 4. The monoisotopic (exact) mass is 204 g/mol. The summed E-state index contributed by atoms with van der Waals surface area (Å²) in [5, 5.41) is 0. The molecule has 0 atom stereocenters. The first-order chi connectivity index (χ1) is 6.06. The third-order valence-corrected chi connectivity index (χ3v) is 1.12. The summed E-state index contributed by atoms with van der Waals surface area (Å²) in [6.45, 7) is -0.814. The Kier molecular flexibility index (Phi) is 6.89. The van der Waals surface area contributed by atoms with Crippen LogP contribution in [0.1, 0.15) is 6.42 Å². The maximum absolute atomic E-state index is 11.5. The Bertz CT molecular complexity index is 116. The molecule has 0 fully saturated rings. The number of hydrogen-bond acceptors (Lipinski definition) is 2. The Morgan fingerprint density at radius 2 is 1.38 bits per heavy atom. The van der Waals surface area contributed by atoms with Gasteiger partial charge in [0.2, 0.25) is 0 Å². The highest BCUT2D eigenvalue weighted by atomic mass is 19.4. The SMILES string of the molecule is FCCOCCOCCC(F)(F)F. The zero-order chi connectivity index (χ0) is 10.2. The van der Waals surface area contributed by atoms with Gasteiger partial charge in [0.15, 0.2) is 0 Å². The predicted molar refractivity (Wildman–Crippen MR) is 38.3 cm³/mol. The van der Waals surface area contributed by atoms with Crippen molar-refractivity contribution in [2.45, 2.75) is 12.6 Å². The van der Waals surface area contributed by atoms with Gasteiger partial charge in [0.1, 0.15) is 6.67 Å². The van der Waals surface area contributed by atoms with E-state index in [2.05, 4.69) is 9.47 Å². The molecule has 0 rings (SSSR count). The van der Waals surface area contributed by atoms with Crippen LogP contribution in [0.2, 0.25) is 0 Å². The van der Waals surface area contributed by atoms with Crippen LogP contribution in [0.15, 0.2) is 0 Å². The zero-order valence-corrected chi connectivity index (χ0v) is 7.07. The summed E-state index contributed by atoms with van der Waals surface area (Å²) in [4.78, 5) is 0. The molecule has 6 heteroatoms. The summed E-state index contributed by atoms with van der Waals surface area (Å²) in [6, 6.07) is 0. The molecule has 0 aromatic carbocycles. The summed E-state index contributed by atoms with van der Waals surface area (Å²) < 4.78 is 55.2. The van der Waals surface area contributed by atoms with Gasteiger partial charge in [0.05, 0.1) is 32.8 Å². The minimum Gasteiger partial charge on any atom is -0.379 e. The molecule has 0 bridgehead atoms. The van der Waals surface area contributed by atoms with Gasteiger partial charge < -0.3 is 9.47 Å². The molecule has 0 N–H and O–H groups in total. The summed E-state index contributed by atoms with van der Waals surface area (Å²) in [5.74, 6) is 0. The highest BCUT2D eigenvalue weighted by molar-refractivity contribution is 4.47. The first-order valence-electron chi connectivity index (χ1n) is 3.84. The lowest BCUT2D eigenvalue weighted by Crippen LogP contribution is -2.13. The molecule has 0 spiro atoms. The van der Waals surface area contributed by atoms with Gasteiger partial charge in [-0.2, -0.15) is 13.2 Å². The van der Waals surface area contributed by atoms with Crippen molar-refractivity contribution in [2.75, 3.05) is 33.1 Å². The minimum atomic E-state index is -4.18. The number of ether oxygens (including phenoxy) is 2. The lowest BCUT2D eigenvalue weighted by Gasteiger charge is -2.06. The van der Waals surface area contributed by atoms with Crippen molar-refractivity contribution in [3.8, 4) is 0 Å². The Balaban J connectivity index is 3.00. The third kappa shape index (κ3) is 11.6. The van der Waals surface area contributed by atoms with E-state index < -0.39 is 19.3 Å². The summed E-state index contributed by atoms with van der Waals surface area (Å²) in [7, 11) is 0. The van der Waals surface area contributed by atoms with Crippen LogP contribution in [0.25, 0.3) is 0 Å². The van der Waals surface area contributed by atoms with Crippen molar-refractivity contribution in [3.63, 3.8) is 0 Å². The number of rotatable bonds is 7. The Labute approximate surface area is 73.8 Å². The van der Waals surface area contributed by atoms with Crippen LogP contribution in [0.3, 0.4) is 0 Å². The second-order valence-corrected chi connectivity index (χ2v) is 2.28. The van der Waals surface area contributed by atoms with Crippen LogP contribution in [0.4, 0.5) is 17.6 Å². The van der Waals surface area contributed by atoms with Gasteiger partial charge in [-0.25, -0.2) is 4.39 Å². The molecule has 0 aliphatic carbocycles. The van der Waals surface area contributed by atoms with E-state index in [4.69, 9.17) is 0 Å². The molecule has 0 aliphatic rings. The number of halogens is 4. The van der Waals surface area contributed by atoms with E-state index in [0.29, 0.717) is 0 Å². The Morgan fingerprint density at radius 1 is 0.846 bits per heavy atom. The van der Waals surface area contributed by atoms with E-state index in [1.165, 1.54) is 0 Å². The lowest BCUT2D eigenvalue weighted by atomic mass is 10.4. The molecular weight excluding hydrogens is 192 g/mol. The van der Waals surface area contributed by atoms with Crippen molar-refractivity contribution >= 4 is 0 Å². The second-order valence-electron chi connectivity index (χ2n) is 2.28. The molecule has 0 amide bonds. The first-order valence-corrected chi connectivity index (χ1v) is 3.84. The fourth-order valence-corrected chi connectivity index (χ4v) is 0.564. The van der Waals surface area contributed by atoms with Crippen molar-refractivity contribution in [1.29, 1.82) is 0 Å². The third-order valence-electron chi connectivity index (χ3n) is 1.12. The van der Waals surface area contributed by atoms with Crippen molar-refractivity contribution in [3.05, 3.63) is 0 Å². The van der Waals surface area contributed by atoms with Crippen LogP contribution in [0.5, 0.6) is 0 Å². The molecule has 2 nitrogen and oxygen atoms in total. The standard InChI is InChI=1S/C7H12F4O2/c8-2-4-13-6-5-12-3-1-7(9,10)11/h1-6H2. The summed E-state index contributed by atoms with van der Waals surface area (Å²) in [5.41, 5.74) is 0. The fraction of sp³-hybridized carbons (Fsp3) is 1.00. The fourth-order valence-electron chi connectivity index (χ4n) is 0.564. The van der Waals surface area contributed by atoms with Crippen molar-refractivity contribution in [2.24, 2.45) is 0 Å². The molecule has 0 unspecified atom stereocenters. The van der Waals surface area contributed by atoms with Crippen molar-refractivity contribution in [1.82, 2.24) is 0 Å². The minimum absolute atomic E-state index is 0.0391. The Morgan fingerprint density at radius 3 is 1.85 bits per heavy atom. The van der Waals surface area contributed by atoms with Gasteiger partial charge in [-0.3, -0.25) is 0 Å². The number of hydrogen-bond donors (Lipinski definition) is 0. The van der Waals surface area contributed by atoms with E-state index in [1.807, 2.05) is 0 Å². The average molecular weight is 204 g/mol. The van der Waals surface area contributed by atoms with Gasteiger partial charge in [0, 0.05) is 0 Å².